The van der Waals surface area contributed by atoms with Crippen molar-refractivity contribution in [2.24, 2.45) is 0 Å². The van der Waals surface area contributed by atoms with Gasteiger partial charge in [0.15, 0.2) is 6.61 Å². The van der Waals surface area contributed by atoms with Crippen molar-refractivity contribution in [1.29, 1.82) is 0 Å². The lowest BCUT2D eigenvalue weighted by molar-refractivity contribution is -0.123. The monoisotopic (exact) mass is 349 g/mol. The lowest BCUT2D eigenvalue weighted by Gasteiger charge is -2.13. The molecule has 0 fully saturated rings. The van der Waals surface area contributed by atoms with Gasteiger partial charge in [0.2, 0.25) is 0 Å². The molecule has 0 aromatic heterocycles. The van der Waals surface area contributed by atoms with Gasteiger partial charge in [0.1, 0.15) is 5.75 Å². The minimum absolute atomic E-state index is 0.0517. The molecule has 1 amide bonds. The largest absolute Gasteiger partial charge is 0.484 e. The van der Waals surface area contributed by atoms with E-state index in [1.165, 1.54) is 0 Å². The van der Waals surface area contributed by atoms with E-state index in [9.17, 15) is 4.79 Å². The Morgan fingerprint density at radius 1 is 1.24 bits per heavy atom. The molecule has 0 aliphatic heterocycles. The van der Waals surface area contributed by atoms with Gasteiger partial charge in [0.25, 0.3) is 5.91 Å². The summed E-state index contributed by atoms with van der Waals surface area (Å²) >= 11 is 3.45. The highest BCUT2D eigenvalue weighted by Crippen LogP contribution is 2.24. The first kappa shape index (κ1) is 15.8. The molecule has 2 aromatic rings. The molecule has 0 saturated heterocycles. The predicted octanol–water partition coefficient (Wildman–Crippen LogP) is 4.29. The van der Waals surface area contributed by atoms with Crippen molar-refractivity contribution < 1.29 is 9.53 Å². The Morgan fingerprint density at radius 3 is 2.71 bits per heavy atom. The number of nitrogens with one attached hydrogen (secondary N) is 1. The molecule has 2 rings (SSSR count). The summed E-state index contributed by atoms with van der Waals surface area (Å²) in [5, 5.41) is 5.16. The van der Waals surface area contributed by atoms with Gasteiger partial charge in [-0.1, -0.05) is 41.4 Å². The van der Waals surface area contributed by atoms with Gasteiger partial charge < -0.3 is 10.1 Å². The number of benzene rings is 2. The Kier molecular flexibility index (Phi) is 5.62. The molecule has 3 nitrogen and oxygen atoms in total. The minimum atomic E-state index is -0.0770. The molecule has 1 atom stereocenters. The number of rotatable bonds is 6. The molecule has 0 saturated carbocycles. The van der Waals surface area contributed by atoms with Gasteiger partial charge in [0, 0.05) is 10.5 Å². The maximum absolute atomic E-state index is 11.8. The summed E-state index contributed by atoms with van der Waals surface area (Å²) in [6.45, 7) is 4.16. The Morgan fingerprint density at radius 2 is 1.95 bits per heavy atom. The number of halogens is 1. The second-order valence-electron chi connectivity index (χ2n) is 5.20. The van der Waals surface area contributed by atoms with Crippen molar-refractivity contribution in [3.63, 3.8) is 0 Å². The third-order valence-corrected chi connectivity index (χ3v) is 3.77. The summed E-state index contributed by atoms with van der Waals surface area (Å²) in [6.07, 6.45) is 2.04. The van der Waals surface area contributed by atoms with Gasteiger partial charge in [-0.3, -0.25) is 4.79 Å². The second kappa shape index (κ2) is 7.46. The van der Waals surface area contributed by atoms with E-state index in [0.717, 1.165) is 28.1 Å². The van der Waals surface area contributed by atoms with Crippen molar-refractivity contribution >= 4 is 32.6 Å². The average Bonchev–Trinajstić information content (AvgIpc) is 2.45. The molecule has 0 unspecified atom stereocenters. The van der Waals surface area contributed by atoms with Crippen LogP contribution in [0.2, 0.25) is 0 Å². The van der Waals surface area contributed by atoms with Crippen molar-refractivity contribution in [1.82, 2.24) is 5.32 Å². The second-order valence-corrected chi connectivity index (χ2v) is 6.11. The summed E-state index contributed by atoms with van der Waals surface area (Å²) < 4.78 is 6.61. The van der Waals surface area contributed by atoms with Crippen molar-refractivity contribution in [2.45, 2.75) is 32.7 Å². The third-order valence-electron chi connectivity index (χ3n) is 3.27. The van der Waals surface area contributed by atoms with E-state index in [0.29, 0.717) is 5.75 Å². The lowest BCUT2D eigenvalue weighted by Crippen LogP contribution is -2.35. The molecule has 21 heavy (non-hydrogen) atoms. The van der Waals surface area contributed by atoms with Crippen LogP contribution in [-0.2, 0) is 4.79 Å². The summed E-state index contributed by atoms with van der Waals surface area (Å²) in [6, 6.07) is 12.1. The molecular weight excluding hydrogens is 330 g/mol. The Hall–Kier alpha value is -1.55. The van der Waals surface area contributed by atoms with Crippen molar-refractivity contribution in [3.05, 3.63) is 40.9 Å². The molecule has 0 aliphatic rings. The van der Waals surface area contributed by atoms with E-state index in [2.05, 4.69) is 34.2 Å². The number of carbonyl (C=O) groups excluding carboxylic acids is 1. The first-order valence-corrected chi connectivity index (χ1v) is 7.99. The number of hydrogen-bond donors (Lipinski definition) is 1. The van der Waals surface area contributed by atoms with Crippen molar-refractivity contribution in [3.8, 4) is 5.75 Å². The molecule has 0 aliphatic carbocycles. The first-order chi connectivity index (χ1) is 10.1. The van der Waals surface area contributed by atoms with Crippen LogP contribution >= 0.6 is 15.9 Å². The van der Waals surface area contributed by atoms with E-state index >= 15 is 0 Å². The zero-order chi connectivity index (χ0) is 15.2. The first-order valence-electron chi connectivity index (χ1n) is 7.20. The zero-order valence-electron chi connectivity index (χ0n) is 12.4. The normalized spacial score (nSPS) is 12.1. The van der Waals surface area contributed by atoms with Gasteiger partial charge in [-0.05, 0) is 48.4 Å². The van der Waals surface area contributed by atoms with Crippen LogP contribution in [0.5, 0.6) is 5.75 Å². The van der Waals surface area contributed by atoms with Crippen LogP contribution in [0, 0.1) is 0 Å². The smallest absolute Gasteiger partial charge is 0.258 e. The molecule has 1 N–H and O–H groups in total. The topological polar surface area (TPSA) is 38.3 Å². The summed E-state index contributed by atoms with van der Waals surface area (Å²) in [7, 11) is 0. The molecule has 112 valence electrons. The molecule has 0 bridgehead atoms. The standard InChI is InChI=1S/C17H20BrNO2/c1-3-4-12(2)19-17(20)11-21-16-8-6-13-9-15(18)7-5-14(13)10-16/h5-10,12H,3-4,11H2,1-2H3,(H,19,20)/t12-/m0/s1. The summed E-state index contributed by atoms with van der Waals surface area (Å²) in [5.41, 5.74) is 0. The SMILES string of the molecule is CCC[C@H](C)NC(=O)COc1ccc2cc(Br)ccc2c1. The Labute approximate surface area is 133 Å². The number of carbonyl (C=O) groups is 1. The number of hydrogen-bond acceptors (Lipinski definition) is 2. The van der Waals surface area contributed by atoms with Crippen LogP contribution in [0.1, 0.15) is 26.7 Å². The van der Waals surface area contributed by atoms with Gasteiger partial charge in [-0.25, -0.2) is 0 Å². The highest BCUT2D eigenvalue weighted by Gasteiger charge is 2.07. The molecule has 2 aromatic carbocycles. The number of ether oxygens (including phenoxy) is 1. The van der Waals surface area contributed by atoms with Crippen LogP contribution < -0.4 is 10.1 Å². The van der Waals surface area contributed by atoms with Crippen LogP contribution in [0.4, 0.5) is 0 Å². The maximum atomic E-state index is 11.8. The van der Waals surface area contributed by atoms with Crippen molar-refractivity contribution in [2.75, 3.05) is 6.61 Å². The fourth-order valence-corrected chi connectivity index (χ4v) is 2.63. The fraction of sp³-hybridized carbons (Fsp3) is 0.353. The maximum Gasteiger partial charge on any atom is 0.258 e. The fourth-order valence-electron chi connectivity index (χ4n) is 2.26. The number of amides is 1. The summed E-state index contributed by atoms with van der Waals surface area (Å²) in [4.78, 5) is 11.8. The molecule has 4 heteroatoms. The van der Waals surface area contributed by atoms with Crippen LogP contribution in [0.15, 0.2) is 40.9 Å². The highest BCUT2D eigenvalue weighted by molar-refractivity contribution is 9.10. The van der Waals surface area contributed by atoms with Crippen LogP contribution in [0.3, 0.4) is 0 Å². The van der Waals surface area contributed by atoms with E-state index in [-0.39, 0.29) is 18.6 Å². The van der Waals surface area contributed by atoms with Gasteiger partial charge in [0.05, 0.1) is 0 Å². The van der Waals surface area contributed by atoms with Gasteiger partial charge in [-0.15, -0.1) is 0 Å². The Bertz CT molecular complexity index is 627. The van der Waals surface area contributed by atoms with E-state index in [1.807, 2.05) is 37.3 Å². The van der Waals surface area contributed by atoms with Gasteiger partial charge in [-0.2, -0.15) is 0 Å². The van der Waals surface area contributed by atoms with E-state index in [1.54, 1.807) is 0 Å². The van der Waals surface area contributed by atoms with Crippen LogP contribution in [0.25, 0.3) is 10.8 Å². The highest BCUT2D eigenvalue weighted by atomic mass is 79.9. The van der Waals surface area contributed by atoms with Gasteiger partial charge >= 0.3 is 0 Å². The molecular formula is C17H20BrNO2. The predicted molar refractivity (Wildman–Crippen MR) is 89.7 cm³/mol. The van der Waals surface area contributed by atoms with E-state index in [4.69, 9.17) is 4.74 Å². The van der Waals surface area contributed by atoms with E-state index < -0.39 is 0 Å². The third kappa shape index (κ3) is 4.74. The van der Waals surface area contributed by atoms with Crippen LogP contribution in [-0.4, -0.2) is 18.6 Å². The zero-order valence-corrected chi connectivity index (χ0v) is 13.9. The average molecular weight is 350 g/mol. The lowest BCUT2D eigenvalue weighted by atomic mass is 10.1. The molecule has 0 radical (unpaired) electrons. The molecule has 0 spiro atoms. The molecule has 0 heterocycles. The number of fused-ring (bicyclic) bond motifs is 1. The quantitative estimate of drug-likeness (QED) is 0.844. The Balaban J connectivity index is 1.94. The minimum Gasteiger partial charge on any atom is -0.484 e. The summed E-state index contributed by atoms with van der Waals surface area (Å²) in [5.74, 6) is 0.634.